The van der Waals surface area contributed by atoms with E-state index < -0.39 is 11.8 Å². The van der Waals surface area contributed by atoms with E-state index in [4.69, 9.17) is 5.11 Å². The minimum absolute atomic E-state index is 0.336. The highest BCUT2D eigenvalue weighted by molar-refractivity contribution is 5.88. The Bertz CT molecular complexity index is 597. The molecule has 0 saturated heterocycles. The Hall–Kier alpha value is -2.44. The van der Waals surface area contributed by atoms with Crippen LogP contribution in [-0.4, -0.2) is 32.4 Å². The Morgan fingerprint density at radius 1 is 1.53 bits per heavy atom. The average molecular weight is 264 g/mol. The van der Waals surface area contributed by atoms with Gasteiger partial charge in [-0.3, -0.25) is 4.68 Å². The molecule has 2 aromatic rings. The third-order valence-corrected chi connectivity index (χ3v) is 2.52. The monoisotopic (exact) mass is 264 g/mol. The Kier molecular flexibility index (Phi) is 3.74. The molecule has 100 valence electrons. The lowest BCUT2D eigenvalue weighted by Crippen LogP contribution is -2.08. The Balaban J connectivity index is 1.93. The highest BCUT2D eigenvalue weighted by Gasteiger charge is 2.10. The van der Waals surface area contributed by atoms with Crippen LogP contribution < -0.4 is 5.32 Å². The summed E-state index contributed by atoms with van der Waals surface area (Å²) in [6.45, 7) is 0.538. The molecule has 0 unspecified atom stereocenters. The van der Waals surface area contributed by atoms with Gasteiger partial charge in [-0.1, -0.05) is 0 Å². The van der Waals surface area contributed by atoms with Crippen molar-refractivity contribution in [2.75, 3.05) is 11.9 Å². The molecule has 0 radical (unpaired) electrons. The normalized spacial score (nSPS) is 10.4. The standard InChI is InChI=1S/C12H13FN4O2/c1-17-7-15-11(16-17)4-5-14-8-2-3-9(12(18)19)10(13)6-8/h2-3,6-7,14H,4-5H2,1H3,(H,18,19). The molecular weight excluding hydrogens is 251 g/mol. The first kappa shape index (κ1) is 13.0. The van der Waals surface area contributed by atoms with Gasteiger partial charge in [-0.05, 0) is 18.2 Å². The van der Waals surface area contributed by atoms with Crippen LogP contribution in [0, 0.1) is 5.82 Å². The lowest BCUT2D eigenvalue weighted by Gasteiger charge is -2.06. The number of hydrogen-bond donors (Lipinski definition) is 2. The van der Waals surface area contributed by atoms with Crippen LogP contribution in [0.25, 0.3) is 0 Å². The van der Waals surface area contributed by atoms with Gasteiger partial charge in [0.15, 0.2) is 5.82 Å². The molecule has 1 heterocycles. The maximum absolute atomic E-state index is 13.4. The fourth-order valence-corrected chi connectivity index (χ4v) is 1.62. The molecule has 0 saturated carbocycles. The van der Waals surface area contributed by atoms with E-state index in [0.717, 1.165) is 6.07 Å². The van der Waals surface area contributed by atoms with Gasteiger partial charge < -0.3 is 10.4 Å². The van der Waals surface area contributed by atoms with Gasteiger partial charge in [0.05, 0.1) is 5.56 Å². The lowest BCUT2D eigenvalue weighted by atomic mass is 10.2. The molecule has 0 atom stereocenters. The first-order valence-corrected chi connectivity index (χ1v) is 5.67. The molecule has 1 aromatic heterocycles. The SMILES string of the molecule is Cn1cnc(CCNc2ccc(C(=O)O)c(F)c2)n1. The van der Waals surface area contributed by atoms with E-state index in [-0.39, 0.29) is 5.56 Å². The number of aromatic nitrogens is 3. The predicted octanol–water partition coefficient (Wildman–Crippen LogP) is 1.31. The van der Waals surface area contributed by atoms with Crippen molar-refractivity contribution in [3.63, 3.8) is 0 Å². The molecule has 2 rings (SSSR count). The van der Waals surface area contributed by atoms with Crippen molar-refractivity contribution in [1.82, 2.24) is 14.8 Å². The number of anilines is 1. The van der Waals surface area contributed by atoms with E-state index in [1.165, 1.54) is 12.1 Å². The van der Waals surface area contributed by atoms with Gasteiger partial charge in [0, 0.05) is 25.7 Å². The minimum atomic E-state index is -1.28. The molecule has 2 N–H and O–H groups in total. The number of nitrogens with one attached hydrogen (secondary N) is 1. The number of nitrogens with zero attached hydrogens (tertiary/aromatic N) is 3. The van der Waals surface area contributed by atoms with Crippen LogP contribution in [0.4, 0.5) is 10.1 Å². The number of carboxylic acid groups (broad SMARTS) is 1. The fraction of sp³-hybridized carbons (Fsp3) is 0.250. The van der Waals surface area contributed by atoms with Gasteiger partial charge in [0.25, 0.3) is 0 Å². The molecule has 0 aliphatic rings. The van der Waals surface area contributed by atoms with Crippen molar-refractivity contribution in [2.24, 2.45) is 7.05 Å². The summed E-state index contributed by atoms with van der Waals surface area (Å²) in [5.74, 6) is -1.34. The van der Waals surface area contributed by atoms with Gasteiger partial charge in [0.1, 0.15) is 12.1 Å². The summed E-state index contributed by atoms with van der Waals surface area (Å²) in [6.07, 6.45) is 2.21. The Morgan fingerprint density at radius 2 is 2.32 bits per heavy atom. The largest absolute Gasteiger partial charge is 0.478 e. The zero-order valence-electron chi connectivity index (χ0n) is 10.3. The molecule has 1 aromatic carbocycles. The van der Waals surface area contributed by atoms with Crippen LogP contribution in [0.15, 0.2) is 24.5 Å². The summed E-state index contributed by atoms with van der Waals surface area (Å²) in [7, 11) is 1.78. The second-order valence-corrected chi connectivity index (χ2v) is 4.01. The Labute approximate surface area is 108 Å². The minimum Gasteiger partial charge on any atom is -0.478 e. The number of carbonyl (C=O) groups is 1. The maximum atomic E-state index is 13.4. The molecule has 0 aliphatic carbocycles. The number of halogens is 1. The molecule has 6 nitrogen and oxygen atoms in total. The molecule has 0 bridgehead atoms. The first-order valence-electron chi connectivity index (χ1n) is 5.67. The van der Waals surface area contributed by atoms with Crippen LogP contribution in [0.3, 0.4) is 0 Å². The second kappa shape index (κ2) is 5.47. The van der Waals surface area contributed by atoms with Crippen LogP contribution in [0.1, 0.15) is 16.2 Å². The molecule has 19 heavy (non-hydrogen) atoms. The van der Waals surface area contributed by atoms with Crippen molar-refractivity contribution < 1.29 is 14.3 Å². The van der Waals surface area contributed by atoms with Gasteiger partial charge >= 0.3 is 5.97 Å². The van der Waals surface area contributed by atoms with E-state index in [1.807, 2.05) is 0 Å². The van der Waals surface area contributed by atoms with Gasteiger partial charge in [0.2, 0.25) is 0 Å². The maximum Gasteiger partial charge on any atom is 0.338 e. The molecule has 0 spiro atoms. The summed E-state index contributed by atoms with van der Waals surface area (Å²) in [4.78, 5) is 14.7. The number of carboxylic acids is 1. The van der Waals surface area contributed by atoms with Crippen LogP contribution in [-0.2, 0) is 13.5 Å². The zero-order chi connectivity index (χ0) is 13.8. The van der Waals surface area contributed by atoms with Crippen molar-refractivity contribution >= 4 is 11.7 Å². The predicted molar refractivity (Wildman–Crippen MR) is 66.6 cm³/mol. The van der Waals surface area contributed by atoms with Crippen molar-refractivity contribution in [3.8, 4) is 0 Å². The number of aromatic carboxylic acids is 1. The van der Waals surface area contributed by atoms with E-state index >= 15 is 0 Å². The molecule has 7 heteroatoms. The van der Waals surface area contributed by atoms with Gasteiger partial charge in [-0.15, -0.1) is 0 Å². The Morgan fingerprint density at radius 3 is 2.89 bits per heavy atom. The van der Waals surface area contributed by atoms with Crippen molar-refractivity contribution in [3.05, 3.63) is 41.7 Å². The third kappa shape index (κ3) is 3.27. The first-order chi connectivity index (χ1) is 9.06. The lowest BCUT2D eigenvalue weighted by molar-refractivity contribution is 0.0692. The van der Waals surface area contributed by atoms with Crippen molar-refractivity contribution in [2.45, 2.75) is 6.42 Å². The number of benzene rings is 1. The van der Waals surface area contributed by atoms with Gasteiger partial charge in [-0.25, -0.2) is 14.2 Å². The molecule has 0 fully saturated rings. The van der Waals surface area contributed by atoms with Crippen molar-refractivity contribution in [1.29, 1.82) is 0 Å². The summed E-state index contributed by atoms with van der Waals surface area (Å²) in [6, 6.07) is 3.92. The van der Waals surface area contributed by atoms with Gasteiger partial charge in [-0.2, -0.15) is 5.10 Å². The van der Waals surface area contributed by atoms with E-state index in [1.54, 1.807) is 18.1 Å². The zero-order valence-corrected chi connectivity index (χ0v) is 10.3. The number of hydrogen-bond acceptors (Lipinski definition) is 4. The topological polar surface area (TPSA) is 80.0 Å². The van der Waals surface area contributed by atoms with Crippen LogP contribution in [0.5, 0.6) is 0 Å². The summed E-state index contributed by atoms with van der Waals surface area (Å²) < 4.78 is 15.0. The molecule has 0 aliphatic heterocycles. The van der Waals surface area contributed by atoms with Crippen LogP contribution >= 0.6 is 0 Å². The second-order valence-electron chi connectivity index (χ2n) is 4.01. The smallest absolute Gasteiger partial charge is 0.338 e. The third-order valence-electron chi connectivity index (χ3n) is 2.52. The van der Waals surface area contributed by atoms with E-state index in [2.05, 4.69) is 15.4 Å². The number of aryl methyl sites for hydroxylation is 1. The van der Waals surface area contributed by atoms with E-state index in [9.17, 15) is 9.18 Å². The fourth-order valence-electron chi connectivity index (χ4n) is 1.62. The highest BCUT2D eigenvalue weighted by Crippen LogP contribution is 2.14. The molecular formula is C12H13FN4O2. The summed E-state index contributed by atoms with van der Waals surface area (Å²) >= 11 is 0. The highest BCUT2D eigenvalue weighted by atomic mass is 19.1. The summed E-state index contributed by atoms with van der Waals surface area (Å²) in [5, 5.41) is 15.8. The number of rotatable bonds is 5. The van der Waals surface area contributed by atoms with E-state index in [0.29, 0.717) is 24.5 Å². The van der Waals surface area contributed by atoms with Crippen LogP contribution in [0.2, 0.25) is 0 Å². The molecule has 0 amide bonds. The summed E-state index contributed by atoms with van der Waals surface area (Å²) in [5.41, 5.74) is 0.190. The quantitative estimate of drug-likeness (QED) is 0.851. The average Bonchev–Trinajstić information content (AvgIpc) is 2.75.